The SMILES string of the molecule is O=C(NCCSc1ccc(Cl)cc1)C1CCN(C(=O)/C=C/c2ccccc2)CC1. The second-order valence-corrected chi connectivity index (χ2v) is 8.54. The van der Waals surface area contributed by atoms with Gasteiger partial charge in [0.2, 0.25) is 11.8 Å². The van der Waals surface area contributed by atoms with Gasteiger partial charge in [0.15, 0.2) is 0 Å². The molecule has 1 aliphatic rings. The molecular weight excluding hydrogens is 404 g/mol. The first-order valence-corrected chi connectivity index (χ1v) is 11.2. The molecule has 1 heterocycles. The summed E-state index contributed by atoms with van der Waals surface area (Å²) in [7, 11) is 0. The summed E-state index contributed by atoms with van der Waals surface area (Å²) < 4.78 is 0. The van der Waals surface area contributed by atoms with Crippen LogP contribution < -0.4 is 5.32 Å². The lowest BCUT2D eigenvalue weighted by Crippen LogP contribution is -2.42. The zero-order valence-corrected chi connectivity index (χ0v) is 17.8. The van der Waals surface area contributed by atoms with Gasteiger partial charge in [0.1, 0.15) is 0 Å². The van der Waals surface area contributed by atoms with Gasteiger partial charge in [-0.2, -0.15) is 0 Å². The predicted octanol–water partition coefficient (Wildman–Crippen LogP) is 4.50. The van der Waals surface area contributed by atoms with Gasteiger partial charge in [-0.15, -0.1) is 11.8 Å². The molecule has 3 rings (SSSR count). The monoisotopic (exact) mass is 428 g/mol. The molecule has 4 nitrogen and oxygen atoms in total. The average Bonchev–Trinajstić information content (AvgIpc) is 2.77. The van der Waals surface area contributed by atoms with Crippen molar-refractivity contribution in [2.45, 2.75) is 17.7 Å². The van der Waals surface area contributed by atoms with E-state index in [1.54, 1.807) is 17.8 Å². The minimum atomic E-state index is -0.0160. The lowest BCUT2D eigenvalue weighted by atomic mass is 9.96. The Hall–Kier alpha value is -2.24. The molecule has 2 aromatic rings. The minimum Gasteiger partial charge on any atom is -0.355 e. The van der Waals surface area contributed by atoms with Gasteiger partial charge < -0.3 is 10.2 Å². The summed E-state index contributed by atoms with van der Waals surface area (Å²) in [6, 6.07) is 17.5. The first-order valence-electron chi connectivity index (χ1n) is 9.80. The summed E-state index contributed by atoms with van der Waals surface area (Å²) in [5.74, 6) is 0.896. The van der Waals surface area contributed by atoms with Crippen LogP contribution in [-0.4, -0.2) is 42.1 Å². The molecular formula is C23H25ClN2O2S. The van der Waals surface area contributed by atoms with Gasteiger partial charge in [-0.1, -0.05) is 41.9 Å². The second-order valence-electron chi connectivity index (χ2n) is 6.94. The molecule has 0 atom stereocenters. The fourth-order valence-electron chi connectivity index (χ4n) is 3.22. The maximum atomic E-state index is 12.4. The van der Waals surface area contributed by atoms with Gasteiger partial charge in [0.05, 0.1) is 0 Å². The number of likely N-dealkylation sites (tertiary alicyclic amines) is 1. The number of amides is 2. The molecule has 0 radical (unpaired) electrons. The lowest BCUT2D eigenvalue weighted by Gasteiger charge is -2.30. The Bertz CT molecular complexity index is 832. The van der Waals surface area contributed by atoms with Crippen molar-refractivity contribution in [3.8, 4) is 0 Å². The first kappa shape index (κ1) is 21.5. The third-order valence-corrected chi connectivity index (χ3v) is 6.14. The van der Waals surface area contributed by atoms with Crippen LogP contribution in [0.4, 0.5) is 0 Å². The van der Waals surface area contributed by atoms with E-state index in [2.05, 4.69) is 5.32 Å². The molecule has 29 heavy (non-hydrogen) atoms. The van der Waals surface area contributed by atoms with Gasteiger partial charge >= 0.3 is 0 Å². The third kappa shape index (κ3) is 6.94. The van der Waals surface area contributed by atoms with Crippen LogP contribution in [0.15, 0.2) is 65.6 Å². The number of benzene rings is 2. The summed E-state index contributed by atoms with van der Waals surface area (Å²) in [4.78, 5) is 27.7. The smallest absolute Gasteiger partial charge is 0.246 e. The highest BCUT2D eigenvalue weighted by Gasteiger charge is 2.26. The Morgan fingerprint density at radius 1 is 1.07 bits per heavy atom. The van der Waals surface area contributed by atoms with Gasteiger partial charge in [-0.05, 0) is 48.7 Å². The fourth-order valence-corrected chi connectivity index (χ4v) is 4.11. The molecule has 1 saturated heterocycles. The van der Waals surface area contributed by atoms with Crippen LogP contribution in [0, 0.1) is 5.92 Å². The zero-order valence-electron chi connectivity index (χ0n) is 16.2. The van der Waals surface area contributed by atoms with Crippen molar-refractivity contribution in [2.75, 3.05) is 25.4 Å². The lowest BCUT2D eigenvalue weighted by molar-refractivity contribution is -0.132. The van der Waals surface area contributed by atoms with E-state index in [0.717, 1.165) is 21.2 Å². The van der Waals surface area contributed by atoms with Crippen LogP contribution in [0.25, 0.3) is 6.08 Å². The number of carbonyl (C=O) groups is 2. The zero-order chi connectivity index (χ0) is 20.5. The van der Waals surface area contributed by atoms with Gasteiger partial charge in [0.25, 0.3) is 0 Å². The Morgan fingerprint density at radius 3 is 2.45 bits per heavy atom. The molecule has 2 aromatic carbocycles. The van der Waals surface area contributed by atoms with Gasteiger partial charge in [-0.25, -0.2) is 0 Å². The van der Waals surface area contributed by atoms with E-state index in [4.69, 9.17) is 11.6 Å². The number of hydrogen-bond acceptors (Lipinski definition) is 3. The predicted molar refractivity (Wildman–Crippen MR) is 120 cm³/mol. The molecule has 1 aliphatic heterocycles. The van der Waals surface area contributed by atoms with Crippen LogP contribution in [0.1, 0.15) is 18.4 Å². The Labute approximate surface area is 181 Å². The van der Waals surface area contributed by atoms with Crippen molar-refractivity contribution in [2.24, 2.45) is 5.92 Å². The van der Waals surface area contributed by atoms with E-state index < -0.39 is 0 Å². The summed E-state index contributed by atoms with van der Waals surface area (Å²) in [5, 5.41) is 3.75. The number of piperidine rings is 1. The van der Waals surface area contributed by atoms with Crippen LogP contribution in [0.2, 0.25) is 5.02 Å². The van der Waals surface area contributed by atoms with E-state index in [-0.39, 0.29) is 17.7 Å². The number of hydrogen-bond donors (Lipinski definition) is 1. The van der Waals surface area contributed by atoms with Crippen LogP contribution >= 0.6 is 23.4 Å². The standard InChI is InChI=1S/C23H25ClN2O2S/c24-20-7-9-21(10-8-20)29-17-14-25-23(28)19-12-15-26(16-13-19)22(27)11-6-18-4-2-1-3-5-18/h1-11,19H,12-17H2,(H,25,28)/b11-6+. The van der Waals surface area contributed by atoms with Crippen molar-refractivity contribution in [3.05, 3.63) is 71.3 Å². The largest absolute Gasteiger partial charge is 0.355 e. The highest BCUT2D eigenvalue weighted by Crippen LogP contribution is 2.20. The molecule has 1 N–H and O–H groups in total. The summed E-state index contributed by atoms with van der Waals surface area (Å²) in [6.45, 7) is 1.87. The fraction of sp³-hybridized carbons (Fsp3) is 0.304. The summed E-state index contributed by atoms with van der Waals surface area (Å²) in [6.07, 6.45) is 4.87. The molecule has 0 aliphatic carbocycles. The number of carbonyl (C=O) groups excluding carboxylic acids is 2. The Kier molecular flexibility index (Phi) is 8.20. The number of thioether (sulfide) groups is 1. The van der Waals surface area contributed by atoms with Crippen LogP contribution in [0.5, 0.6) is 0 Å². The highest BCUT2D eigenvalue weighted by atomic mass is 35.5. The molecule has 6 heteroatoms. The maximum Gasteiger partial charge on any atom is 0.246 e. The molecule has 1 fully saturated rings. The quantitative estimate of drug-likeness (QED) is 0.401. The van der Waals surface area contributed by atoms with Crippen molar-refractivity contribution in [3.63, 3.8) is 0 Å². The number of nitrogens with zero attached hydrogens (tertiary/aromatic N) is 1. The molecule has 0 aromatic heterocycles. The van der Waals surface area contributed by atoms with Crippen LogP contribution in [-0.2, 0) is 9.59 Å². The van der Waals surface area contributed by atoms with Crippen molar-refractivity contribution >= 4 is 41.3 Å². The van der Waals surface area contributed by atoms with Gasteiger partial charge in [-0.3, -0.25) is 9.59 Å². The molecule has 152 valence electrons. The van der Waals surface area contributed by atoms with E-state index in [1.165, 1.54) is 0 Å². The molecule has 0 saturated carbocycles. The first-order chi connectivity index (χ1) is 14.1. The van der Waals surface area contributed by atoms with Crippen molar-refractivity contribution < 1.29 is 9.59 Å². The second kappa shape index (κ2) is 11.1. The van der Waals surface area contributed by atoms with Gasteiger partial charge in [0, 0.05) is 47.3 Å². The highest BCUT2D eigenvalue weighted by molar-refractivity contribution is 7.99. The van der Waals surface area contributed by atoms with E-state index in [1.807, 2.05) is 65.6 Å². The molecule has 0 unspecified atom stereocenters. The Morgan fingerprint density at radius 2 is 1.76 bits per heavy atom. The van der Waals surface area contributed by atoms with E-state index >= 15 is 0 Å². The minimum absolute atomic E-state index is 0.00655. The average molecular weight is 429 g/mol. The maximum absolute atomic E-state index is 12.4. The third-order valence-electron chi connectivity index (χ3n) is 4.88. The molecule has 0 spiro atoms. The van der Waals surface area contributed by atoms with Crippen molar-refractivity contribution in [1.82, 2.24) is 10.2 Å². The normalized spacial score (nSPS) is 14.9. The van der Waals surface area contributed by atoms with E-state index in [0.29, 0.717) is 32.5 Å². The van der Waals surface area contributed by atoms with E-state index in [9.17, 15) is 9.59 Å². The number of nitrogens with one attached hydrogen (secondary N) is 1. The molecule has 0 bridgehead atoms. The number of rotatable bonds is 7. The topological polar surface area (TPSA) is 49.4 Å². The Balaban J connectivity index is 1.35. The van der Waals surface area contributed by atoms with Crippen LogP contribution in [0.3, 0.4) is 0 Å². The number of halogens is 1. The molecule has 2 amide bonds. The summed E-state index contributed by atoms with van der Waals surface area (Å²) in [5.41, 5.74) is 1.01. The van der Waals surface area contributed by atoms with Crippen molar-refractivity contribution in [1.29, 1.82) is 0 Å². The summed E-state index contributed by atoms with van der Waals surface area (Å²) >= 11 is 7.57.